The summed E-state index contributed by atoms with van der Waals surface area (Å²) >= 11 is 0. The fourth-order valence-corrected chi connectivity index (χ4v) is 4.13. The predicted molar refractivity (Wildman–Crippen MR) is 106 cm³/mol. The Morgan fingerprint density at radius 1 is 1.32 bits per heavy atom. The lowest BCUT2D eigenvalue weighted by Crippen LogP contribution is -2.39. The van der Waals surface area contributed by atoms with E-state index in [1.54, 1.807) is 11.1 Å². The van der Waals surface area contributed by atoms with E-state index < -0.39 is 0 Å². The summed E-state index contributed by atoms with van der Waals surface area (Å²) in [4.78, 5) is 34.7. The van der Waals surface area contributed by atoms with Crippen molar-refractivity contribution in [1.29, 1.82) is 0 Å². The van der Waals surface area contributed by atoms with Crippen LogP contribution in [0.3, 0.4) is 0 Å². The van der Waals surface area contributed by atoms with E-state index in [-0.39, 0.29) is 24.3 Å². The Hall–Kier alpha value is -2.48. The van der Waals surface area contributed by atoms with Crippen molar-refractivity contribution in [3.63, 3.8) is 0 Å². The van der Waals surface area contributed by atoms with Gasteiger partial charge >= 0.3 is 0 Å². The molecule has 2 aromatic rings. The summed E-state index contributed by atoms with van der Waals surface area (Å²) in [7, 11) is 4.09. The fraction of sp³-hybridized carbons (Fsp3) is 0.600. The number of rotatable bonds is 6. The number of carbonyl (C=O) groups is 2. The van der Waals surface area contributed by atoms with Gasteiger partial charge in [0, 0.05) is 50.1 Å². The maximum Gasteiger partial charge on any atom is 0.242 e. The molecule has 2 saturated heterocycles. The van der Waals surface area contributed by atoms with Crippen molar-refractivity contribution >= 4 is 22.8 Å². The Labute approximate surface area is 165 Å². The molecule has 0 spiro atoms. The minimum absolute atomic E-state index is 0.0484. The standard InChI is InChI=1S/C20H28N6O2/c1-23(2)11-12-26-20-16(5-3-8-21-20)19(22-26)15-7-10-25(13-15)18(28)14-24-9-4-6-17(24)27/h3,5,8,15H,4,6-7,9-14H2,1-2H3. The Morgan fingerprint density at radius 2 is 2.18 bits per heavy atom. The number of aromatic nitrogens is 3. The lowest BCUT2D eigenvalue weighted by atomic mass is 10.0. The van der Waals surface area contributed by atoms with Gasteiger partial charge in [-0.3, -0.25) is 9.59 Å². The second kappa shape index (κ2) is 7.87. The number of likely N-dealkylation sites (N-methyl/N-ethyl adjacent to an activating group) is 1. The number of pyridine rings is 1. The van der Waals surface area contributed by atoms with E-state index in [1.807, 2.05) is 29.7 Å². The van der Waals surface area contributed by atoms with Gasteiger partial charge in [-0.05, 0) is 39.1 Å². The molecule has 8 nitrogen and oxygen atoms in total. The zero-order valence-corrected chi connectivity index (χ0v) is 16.7. The third-order valence-corrected chi connectivity index (χ3v) is 5.72. The zero-order valence-electron chi connectivity index (χ0n) is 16.7. The third-order valence-electron chi connectivity index (χ3n) is 5.72. The molecule has 150 valence electrons. The van der Waals surface area contributed by atoms with Crippen molar-refractivity contribution in [2.24, 2.45) is 0 Å². The molecule has 2 fully saturated rings. The number of likely N-dealkylation sites (tertiary alicyclic amines) is 2. The average molecular weight is 384 g/mol. The Balaban J connectivity index is 1.48. The van der Waals surface area contributed by atoms with E-state index in [0.717, 1.165) is 49.2 Å². The molecule has 0 radical (unpaired) electrons. The molecule has 0 aromatic carbocycles. The molecule has 4 heterocycles. The smallest absolute Gasteiger partial charge is 0.242 e. The van der Waals surface area contributed by atoms with Crippen LogP contribution in [0.1, 0.15) is 30.9 Å². The SMILES string of the molecule is CN(C)CCn1nc(C2CCN(C(=O)CN3CCCC3=O)C2)c2cccnc21. The minimum atomic E-state index is 0.0484. The Morgan fingerprint density at radius 3 is 2.93 bits per heavy atom. The van der Waals surface area contributed by atoms with Crippen LogP contribution >= 0.6 is 0 Å². The molecule has 4 rings (SSSR count). The molecule has 8 heteroatoms. The lowest BCUT2D eigenvalue weighted by Gasteiger charge is -2.21. The van der Waals surface area contributed by atoms with Crippen LogP contribution in [-0.4, -0.2) is 88.1 Å². The molecular weight excluding hydrogens is 356 g/mol. The van der Waals surface area contributed by atoms with Crippen LogP contribution in [0.2, 0.25) is 0 Å². The molecule has 0 aliphatic carbocycles. The summed E-state index contributed by atoms with van der Waals surface area (Å²) < 4.78 is 1.98. The van der Waals surface area contributed by atoms with E-state index >= 15 is 0 Å². The van der Waals surface area contributed by atoms with Crippen LogP contribution in [0.4, 0.5) is 0 Å². The number of hydrogen-bond donors (Lipinski definition) is 0. The van der Waals surface area contributed by atoms with Crippen LogP contribution in [-0.2, 0) is 16.1 Å². The van der Waals surface area contributed by atoms with Gasteiger partial charge in [-0.1, -0.05) is 0 Å². The van der Waals surface area contributed by atoms with Crippen molar-refractivity contribution in [2.45, 2.75) is 31.7 Å². The van der Waals surface area contributed by atoms with Gasteiger partial charge in [-0.2, -0.15) is 5.10 Å². The van der Waals surface area contributed by atoms with Crippen molar-refractivity contribution in [3.8, 4) is 0 Å². The molecule has 0 bridgehead atoms. The maximum atomic E-state index is 12.7. The highest BCUT2D eigenvalue weighted by atomic mass is 16.2. The molecular formula is C20H28N6O2. The molecule has 2 aliphatic rings. The molecule has 2 aliphatic heterocycles. The molecule has 0 N–H and O–H groups in total. The molecule has 2 aromatic heterocycles. The largest absolute Gasteiger partial charge is 0.340 e. The van der Waals surface area contributed by atoms with E-state index in [4.69, 9.17) is 5.10 Å². The summed E-state index contributed by atoms with van der Waals surface area (Å²) in [6.07, 6.45) is 4.13. The number of carbonyl (C=O) groups excluding carboxylic acids is 2. The number of hydrogen-bond acceptors (Lipinski definition) is 5. The zero-order chi connectivity index (χ0) is 19.7. The second-order valence-corrected chi connectivity index (χ2v) is 8.03. The molecule has 1 unspecified atom stereocenters. The van der Waals surface area contributed by atoms with Crippen molar-refractivity contribution in [2.75, 3.05) is 46.8 Å². The highest BCUT2D eigenvalue weighted by molar-refractivity contribution is 5.86. The second-order valence-electron chi connectivity index (χ2n) is 8.03. The number of nitrogens with zero attached hydrogens (tertiary/aromatic N) is 6. The van der Waals surface area contributed by atoms with Gasteiger partial charge in [-0.15, -0.1) is 0 Å². The lowest BCUT2D eigenvalue weighted by molar-refractivity contribution is -0.137. The van der Waals surface area contributed by atoms with Crippen molar-refractivity contribution < 1.29 is 9.59 Å². The summed E-state index contributed by atoms with van der Waals surface area (Å²) in [5, 5.41) is 5.96. The predicted octanol–water partition coefficient (Wildman–Crippen LogP) is 0.931. The van der Waals surface area contributed by atoms with E-state index in [2.05, 4.69) is 16.0 Å². The Kier molecular flexibility index (Phi) is 5.30. The molecule has 28 heavy (non-hydrogen) atoms. The van der Waals surface area contributed by atoms with Crippen molar-refractivity contribution in [3.05, 3.63) is 24.0 Å². The molecule has 2 amide bonds. The molecule has 0 saturated carbocycles. The number of amides is 2. The van der Waals surface area contributed by atoms with Gasteiger partial charge in [-0.25, -0.2) is 9.67 Å². The van der Waals surface area contributed by atoms with Crippen LogP contribution in [0.15, 0.2) is 18.3 Å². The normalized spacial score (nSPS) is 20.1. The highest BCUT2D eigenvalue weighted by Gasteiger charge is 2.32. The Bertz CT molecular complexity index is 877. The van der Waals surface area contributed by atoms with Crippen LogP contribution in [0.5, 0.6) is 0 Å². The summed E-state index contributed by atoms with van der Waals surface area (Å²) in [5.41, 5.74) is 1.95. The quantitative estimate of drug-likeness (QED) is 0.741. The minimum Gasteiger partial charge on any atom is -0.340 e. The van der Waals surface area contributed by atoms with Gasteiger partial charge < -0.3 is 14.7 Å². The van der Waals surface area contributed by atoms with E-state index in [0.29, 0.717) is 19.5 Å². The van der Waals surface area contributed by atoms with Crippen LogP contribution in [0.25, 0.3) is 11.0 Å². The summed E-state index contributed by atoms with van der Waals surface area (Å²) in [6.45, 7) is 3.98. The van der Waals surface area contributed by atoms with Crippen LogP contribution in [0, 0.1) is 0 Å². The first-order valence-corrected chi connectivity index (χ1v) is 10.0. The first kappa shape index (κ1) is 18.9. The maximum absolute atomic E-state index is 12.7. The van der Waals surface area contributed by atoms with Gasteiger partial charge in [0.1, 0.15) is 0 Å². The fourth-order valence-electron chi connectivity index (χ4n) is 4.13. The summed E-state index contributed by atoms with van der Waals surface area (Å²) in [6, 6.07) is 4.02. The highest BCUT2D eigenvalue weighted by Crippen LogP contribution is 2.31. The summed E-state index contributed by atoms with van der Waals surface area (Å²) in [5.74, 6) is 0.360. The van der Waals surface area contributed by atoms with E-state index in [1.165, 1.54) is 0 Å². The van der Waals surface area contributed by atoms with Crippen molar-refractivity contribution in [1.82, 2.24) is 29.5 Å². The third kappa shape index (κ3) is 3.73. The van der Waals surface area contributed by atoms with Gasteiger partial charge in [0.15, 0.2) is 5.65 Å². The molecule has 1 atom stereocenters. The first-order chi connectivity index (χ1) is 13.5. The van der Waals surface area contributed by atoms with Gasteiger partial charge in [0.2, 0.25) is 11.8 Å². The first-order valence-electron chi connectivity index (χ1n) is 10.0. The average Bonchev–Trinajstić information content (AvgIpc) is 3.39. The monoisotopic (exact) mass is 384 g/mol. The van der Waals surface area contributed by atoms with Gasteiger partial charge in [0.05, 0.1) is 18.8 Å². The topological polar surface area (TPSA) is 74.6 Å². The van der Waals surface area contributed by atoms with E-state index in [9.17, 15) is 9.59 Å². The van der Waals surface area contributed by atoms with Crippen LogP contribution < -0.4 is 0 Å². The van der Waals surface area contributed by atoms with Gasteiger partial charge in [0.25, 0.3) is 0 Å². The number of fused-ring (bicyclic) bond motifs is 1.